The van der Waals surface area contributed by atoms with Crippen LogP contribution in [0.2, 0.25) is 105 Å². The van der Waals surface area contributed by atoms with Gasteiger partial charge in [0.15, 0.2) is 0 Å². The van der Waals surface area contributed by atoms with Crippen LogP contribution in [0.3, 0.4) is 0 Å². The van der Waals surface area contributed by atoms with Crippen molar-refractivity contribution in [2.45, 2.75) is 180 Å². The first kappa shape index (κ1) is 66.6. The van der Waals surface area contributed by atoms with Gasteiger partial charge < -0.3 is 55.6 Å². The van der Waals surface area contributed by atoms with Crippen LogP contribution in [0.25, 0.3) is 0 Å². The van der Waals surface area contributed by atoms with E-state index >= 15 is 0 Å². The lowest BCUT2D eigenvalue weighted by Crippen LogP contribution is -2.62. The van der Waals surface area contributed by atoms with Crippen LogP contribution in [0.4, 0.5) is 0 Å². The Bertz CT molecular complexity index is 1350. The van der Waals surface area contributed by atoms with E-state index in [1.807, 2.05) is 0 Å². The zero-order valence-corrected chi connectivity index (χ0v) is 57.9. The summed E-state index contributed by atoms with van der Waals surface area (Å²) in [6.07, 6.45) is 3.46. The Labute approximate surface area is 457 Å². The molecule has 4 rings (SSSR count). The smallest absolute Gasteiger partial charge is 0.201 e. The molecule has 0 saturated carbocycles. The largest absolute Gasteiger partial charge is 0.410 e. The Hall–Kier alpha value is 1.10. The average Bonchev–Trinajstić information content (AvgIpc) is 3.25. The Kier molecular flexibility index (Phi) is 28.1. The molecule has 4 aliphatic heterocycles. The summed E-state index contributed by atoms with van der Waals surface area (Å²) in [6, 6.07) is 0. The SMILES string of the molecule is CCOC(N1CC(COCC(COCC2CN(C(OCC)[Si](C)C)C[Si](C)(C)O2)(COCC2CN(C(OCC)[Si](C)C)C[Si](C)(C)O2)COCC2CN(C(OCC)[Si](C)C)C[Si](C)(C)O2)O[Si](C)(C)C1)[Si](C)C. The molecular weight excluding hydrogens is 1060 g/mol. The van der Waals surface area contributed by atoms with Crippen LogP contribution in [-0.2, 0) is 55.6 Å². The highest BCUT2D eigenvalue weighted by atomic mass is 28.4. The third-order valence-corrected chi connectivity index (χ3v) is 28.1. The summed E-state index contributed by atoms with van der Waals surface area (Å²) in [7, 11) is -11.2. The summed E-state index contributed by atoms with van der Waals surface area (Å²) in [5.41, 5.74) is -0.674. The van der Waals surface area contributed by atoms with Crippen molar-refractivity contribution in [3.63, 3.8) is 0 Å². The van der Waals surface area contributed by atoms with Crippen LogP contribution in [0.5, 0.6) is 0 Å². The van der Waals surface area contributed by atoms with E-state index in [0.29, 0.717) is 79.3 Å². The van der Waals surface area contributed by atoms with Crippen LogP contribution in [0.15, 0.2) is 0 Å². The van der Waals surface area contributed by atoms with Gasteiger partial charge in [-0.2, -0.15) is 0 Å². The molecule has 8 atom stereocenters. The Balaban J connectivity index is 1.66. The van der Waals surface area contributed by atoms with Crippen molar-refractivity contribution in [2.24, 2.45) is 5.41 Å². The zero-order chi connectivity index (χ0) is 54.4. The second-order valence-electron chi connectivity index (χ2n) is 24.8. The fourth-order valence-electron chi connectivity index (χ4n) is 11.5. The number of rotatable bonds is 32. The second kappa shape index (κ2) is 30.8. The standard InChI is InChI=1S/C49H108N4O12Si8/c1-21-58-45(66(5)6)50-25-41(62-70(13,14)37-50)29-54-33-49(34-55-30-42-26-51(38-71(15,16)63-42)46(59-22-2)67(7)8,35-56-31-43-27-52(39-72(17,18)64-43)47(60-23-3)68(9)10)36-57-32-44-28-53(40-73(19,20)65-44)48(61-24-4)69(11)12/h41-48H,21-40H2,1-20H3. The molecule has 0 bridgehead atoms. The van der Waals surface area contributed by atoms with Crippen molar-refractivity contribution < 1.29 is 55.6 Å². The molecule has 73 heavy (non-hydrogen) atoms. The summed E-state index contributed by atoms with van der Waals surface area (Å²) in [5, 5.41) is 0. The fraction of sp³-hybridized carbons (Fsp3) is 1.00. The van der Waals surface area contributed by atoms with E-state index in [1.165, 1.54) is 0 Å². The lowest BCUT2D eigenvalue weighted by Gasteiger charge is -2.46. The van der Waals surface area contributed by atoms with Crippen molar-refractivity contribution in [3.8, 4) is 0 Å². The van der Waals surface area contributed by atoms with E-state index in [-0.39, 0.29) is 47.8 Å². The minimum Gasteiger partial charge on any atom is -0.410 e. The molecule has 16 nitrogen and oxygen atoms in total. The van der Waals surface area contributed by atoms with Crippen LogP contribution < -0.4 is 0 Å². The first-order valence-electron chi connectivity index (χ1n) is 27.8. The topological polar surface area (TPSA) is 124 Å². The predicted molar refractivity (Wildman–Crippen MR) is 313 cm³/mol. The summed E-state index contributed by atoms with van der Waals surface area (Å²) >= 11 is 0. The van der Waals surface area contributed by atoms with E-state index in [1.54, 1.807) is 0 Å². The molecule has 0 spiro atoms. The predicted octanol–water partition coefficient (Wildman–Crippen LogP) is 6.44. The molecule has 0 aromatic heterocycles. The van der Waals surface area contributed by atoms with Crippen molar-refractivity contribution >= 4 is 68.5 Å². The lowest BCUT2D eigenvalue weighted by atomic mass is 9.92. The first-order chi connectivity index (χ1) is 34.2. The first-order valence-corrected chi connectivity index (χ1v) is 50.6. The number of hydrogen-bond acceptors (Lipinski definition) is 16. The van der Waals surface area contributed by atoms with Crippen LogP contribution in [0, 0.1) is 5.41 Å². The minimum absolute atomic E-state index is 0.0813. The van der Waals surface area contributed by atoms with Gasteiger partial charge in [-0.05, 0) is 80.1 Å². The highest BCUT2D eigenvalue weighted by molar-refractivity contribution is 6.73. The molecule has 428 valence electrons. The molecule has 4 heterocycles. The maximum atomic E-state index is 6.97. The molecule has 0 aromatic rings. The van der Waals surface area contributed by atoms with Crippen LogP contribution in [-0.4, -0.2) is 266 Å². The van der Waals surface area contributed by atoms with Crippen LogP contribution >= 0.6 is 0 Å². The van der Waals surface area contributed by atoms with Crippen molar-refractivity contribution in [3.05, 3.63) is 0 Å². The fourth-order valence-corrected chi connectivity index (χ4v) is 27.5. The number of nitrogens with zero attached hydrogens (tertiary/aromatic N) is 4. The number of hydrogen-bond donors (Lipinski definition) is 0. The van der Waals surface area contributed by atoms with Gasteiger partial charge in [0, 0.05) is 77.3 Å². The summed E-state index contributed by atoms with van der Waals surface area (Å²) < 4.78 is 81.1. The van der Waals surface area contributed by atoms with Gasteiger partial charge in [-0.25, -0.2) is 0 Å². The van der Waals surface area contributed by atoms with Gasteiger partial charge in [0.05, 0.1) is 141 Å². The highest BCUT2D eigenvalue weighted by Gasteiger charge is 2.45. The summed E-state index contributed by atoms with van der Waals surface area (Å²) in [6.45, 7) is 54.9. The number of ether oxygens (including phenoxy) is 8. The second-order valence-corrected chi connectivity index (χ2v) is 51.7. The van der Waals surface area contributed by atoms with Gasteiger partial charge >= 0.3 is 0 Å². The maximum Gasteiger partial charge on any atom is 0.201 e. The van der Waals surface area contributed by atoms with Gasteiger partial charge in [-0.15, -0.1) is 0 Å². The molecule has 24 heteroatoms. The lowest BCUT2D eigenvalue weighted by molar-refractivity contribution is -0.139. The van der Waals surface area contributed by atoms with E-state index < -0.39 is 73.9 Å². The third kappa shape index (κ3) is 22.2. The van der Waals surface area contributed by atoms with E-state index in [4.69, 9.17) is 55.6 Å². The zero-order valence-electron chi connectivity index (χ0n) is 49.9. The Morgan fingerprint density at radius 1 is 0.384 bits per heavy atom. The van der Waals surface area contributed by atoms with Gasteiger partial charge in [0.1, 0.15) is 0 Å². The van der Waals surface area contributed by atoms with E-state index in [0.717, 1.165) is 50.9 Å². The highest BCUT2D eigenvalue weighted by Crippen LogP contribution is 2.29. The monoisotopic (exact) mass is 1170 g/mol. The molecular formula is C49H108N4O12Si8. The van der Waals surface area contributed by atoms with E-state index in [9.17, 15) is 0 Å². The molecule has 4 aliphatic rings. The minimum atomic E-state index is -2.04. The quantitative estimate of drug-likeness (QED) is 0.0686. The summed E-state index contributed by atoms with van der Waals surface area (Å²) in [5.74, 6) is 0.532. The van der Waals surface area contributed by atoms with Gasteiger partial charge in [-0.3, -0.25) is 19.6 Å². The molecule has 4 radical (unpaired) electrons. The van der Waals surface area contributed by atoms with Gasteiger partial charge in [0.2, 0.25) is 33.3 Å². The molecule has 4 fully saturated rings. The Morgan fingerprint density at radius 2 is 0.575 bits per heavy atom. The van der Waals surface area contributed by atoms with Crippen LogP contribution in [0.1, 0.15) is 27.7 Å². The van der Waals surface area contributed by atoms with E-state index in [2.05, 4.69) is 152 Å². The molecule has 8 unspecified atom stereocenters. The molecule has 0 aromatic carbocycles. The normalized spacial score (nSPS) is 27.9. The van der Waals surface area contributed by atoms with Crippen molar-refractivity contribution in [1.82, 2.24) is 19.6 Å². The molecule has 4 saturated heterocycles. The molecule has 0 N–H and O–H groups in total. The third-order valence-electron chi connectivity index (χ3n) is 13.5. The van der Waals surface area contributed by atoms with Crippen molar-refractivity contribution in [2.75, 3.05) is 130 Å². The molecule has 0 aliphatic carbocycles. The maximum absolute atomic E-state index is 6.97. The Morgan fingerprint density at radius 3 is 0.740 bits per heavy atom. The molecule has 0 amide bonds. The van der Waals surface area contributed by atoms with Crippen molar-refractivity contribution in [1.29, 1.82) is 0 Å². The summed E-state index contributed by atoms with van der Waals surface area (Å²) in [4.78, 5) is 10.2. The van der Waals surface area contributed by atoms with Gasteiger partial charge in [0.25, 0.3) is 0 Å². The van der Waals surface area contributed by atoms with Gasteiger partial charge in [-0.1, -0.05) is 52.4 Å². The average molecular weight is 1170 g/mol.